The molecule has 8 heterocycles. The summed E-state index contributed by atoms with van der Waals surface area (Å²) in [6.07, 6.45) is 19.5. The van der Waals surface area contributed by atoms with Crippen molar-refractivity contribution in [1.82, 2.24) is 50.7 Å². The molecule has 0 aromatic carbocycles. The molecule has 0 unspecified atom stereocenters. The van der Waals surface area contributed by atoms with Crippen LogP contribution in [0.25, 0.3) is 0 Å². The zero-order chi connectivity index (χ0) is 65.5. The Morgan fingerprint density at radius 3 is 0.944 bits per heavy atom. The van der Waals surface area contributed by atoms with Gasteiger partial charge in [0.05, 0.1) is 39.6 Å². The van der Waals surface area contributed by atoms with Crippen molar-refractivity contribution in [3.05, 3.63) is 25.3 Å². The van der Waals surface area contributed by atoms with Crippen LogP contribution in [-0.2, 0) is 19.1 Å². The van der Waals surface area contributed by atoms with Gasteiger partial charge in [0, 0.05) is 121 Å². The molecule has 2 aromatic heterocycles. The first-order chi connectivity index (χ1) is 42.3. The molecular weight excluding hydrogens is 1130 g/mol. The molecule has 2 aromatic rings. The second kappa shape index (κ2) is 29.7. The molecule has 8 rings (SSSR count). The monoisotopic (exact) mass is 1260 g/mol. The number of anilines is 6. The fourth-order valence-corrected chi connectivity index (χ4v) is 17.2. The molecule has 0 bridgehead atoms. The number of nitrogens with zero attached hydrogens (tertiary/aromatic N) is 14. The van der Waals surface area contributed by atoms with Crippen molar-refractivity contribution < 1.29 is 19.1 Å². The van der Waals surface area contributed by atoms with Crippen molar-refractivity contribution in [2.75, 3.05) is 121 Å². The Hall–Kier alpha value is -4.02. The minimum Gasteiger partial charge on any atom is -0.378 e. The third kappa shape index (κ3) is 18.5. The van der Waals surface area contributed by atoms with Crippen LogP contribution >= 0.6 is 0 Å². The van der Waals surface area contributed by atoms with Gasteiger partial charge in [-0.1, -0.05) is 51.7 Å². The lowest BCUT2D eigenvalue weighted by molar-refractivity contribution is -0.276. The summed E-state index contributed by atoms with van der Waals surface area (Å²) in [5.41, 5.74) is -1.37. The van der Waals surface area contributed by atoms with Crippen LogP contribution in [-0.4, -0.2) is 201 Å². The van der Waals surface area contributed by atoms with E-state index in [-0.39, 0.29) is 68.5 Å². The molecule has 6 saturated heterocycles. The average molecular weight is 1260 g/mol. The van der Waals surface area contributed by atoms with Crippen molar-refractivity contribution in [2.45, 2.75) is 296 Å². The minimum atomic E-state index is -0.291. The molecule has 6 aliphatic heterocycles. The average Bonchev–Trinajstić information content (AvgIpc) is 0.780. The lowest BCUT2D eigenvalue weighted by Crippen LogP contribution is -2.64. The zero-order valence-corrected chi connectivity index (χ0v) is 60.0. The van der Waals surface area contributed by atoms with E-state index in [1.807, 2.05) is 12.2 Å². The highest BCUT2D eigenvalue weighted by molar-refractivity contribution is 5.50. The maximum atomic E-state index is 6.55. The fraction of sp³-hybridized carbons (Fsp3) is 0.857. The Labute approximate surface area is 545 Å². The van der Waals surface area contributed by atoms with E-state index in [1.165, 1.54) is 0 Å². The van der Waals surface area contributed by atoms with Gasteiger partial charge in [-0.05, 0) is 188 Å². The highest BCUT2D eigenvalue weighted by Gasteiger charge is 2.51. The first-order valence-corrected chi connectivity index (χ1v) is 35.2. The SMILES string of the molecule is C=CCON1C(C)(C)CC(N(CCCCCCN(c2nc(N3CCOCC3)nc(N(CCCC)C3CC(C)(C)NC(C)(C)C3)n2)C2CC(C)(C)N(OCC=C)C(C)(C)C2)c2nc(N3CCOCC3)nc(N(CCCC)C3CC(C)(C)NC(C)(C)C3)n2)CC1(C)C. The smallest absolute Gasteiger partial charge is 0.232 e. The van der Waals surface area contributed by atoms with E-state index >= 15 is 0 Å². The summed E-state index contributed by atoms with van der Waals surface area (Å²) in [7, 11) is 0. The highest BCUT2D eigenvalue weighted by atomic mass is 16.7. The number of nitrogens with one attached hydrogen (secondary N) is 2. The van der Waals surface area contributed by atoms with Gasteiger partial charge >= 0.3 is 0 Å². The number of hydrogen-bond acceptors (Lipinski definition) is 20. The summed E-state index contributed by atoms with van der Waals surface area (Å²) in [6, 6.07) is 0.777. The quantitative estimate of drug-likeness (QED) is 0.0583. The maximum Gasteiger partial charge on any atom is 0.232 e. The van der Waals surface area contributed by atoms with Crippen LogP contribution in [0.3, 0.4) is 0 Å². The Balaban J connectivity index is 1.15. The number of hydrogen-bond donors (Lipinski definition) is 2. The van der Waals surface area contributed by atoms with Gasteiger partial charge in [0.1, 0.15) is 0 Å². The predicted molar refractivity (Wildman–Crippen MR) is 370 cm³/mol. The molecule has 0 saturated carbocycles. The minimum absolute atomic E-state index is 0.0514. The Morgan fingerprint density at radius 2 is 0.678 bits per heavy atom. The van der Waals surface area contributed by atoms with Gasteiger partial charge in [0.25, 0.3) is 0 Å². The first kappa shape index (κ1) is 71.8. The largest absolute Gasteiger partial charge is 0.378 e. The predicted octanol–water partition coefficient (Wildman–Crippen LogP) is 11.7. The van der Waals surface area contributed by atoms with E-state index in [1.54, 1.807) is 0 Å². The van der Waals surface area contributed by atoms with Gasteiger partial charge in [-0.25, -0.2) is 0 Å². The number of unbranched alkanes of at least 4 members (excludes halogenated alkanes) is 5. The van der Waals surface area contributed by atoms with Crippen molar-refractivity contribution in [1.29, 1.82) is 0 Å². The molecule has 90 heavy (non-hydrogen) atoms. The second-order valence-electron chi connectivity index (χ2n) is 32.6. The number of morpholine rings is 2. The van der Waals surface area contributed by atoms with E-state index in [2.05, 4.69) is 188 Å². The van der Waals surface area contributed by atoms with Crippen LogP contribution in [0.5, 0.6) is 0 Å². The summed E-state index contributed by atoms with van der Waals surface area (Å²) in [5, 5.41) is 12.4. The van der Waals surface area contributed by atoms with E-state index in [0.29, 0.717) is 39.6 Å². The molecule has 0 radical (unpaired) electrons. The van der Waals surface area contributed by atoms with Gasteiger partial charge in [-0.15, -0.1) is 13.2 Å². The number of piperidine rings is 4. The molecule has 20 heteroatoms. The van der Waals surface area contributed by atoms with Crippen LogP contribution in [0, 0.1) is 0 Å². The van der Waals surface area contributed by atoms with E-state index < -0.39 is 0 Å². The molecule has 6 fully saturated rings. The van der Waals surface area contributed by atoms with Crippen molar-refractivity contribution >= 4 is 35.7 Å². The number of ether oxygens (including phenoxy) is 2. The molecule has 0 spiro atoms. The van der Waals surface area contributed by atoms with E-state index in [4.69, 9.17) is 49.1 Å². The van der Waals surface area contributed by atoms with Crippen LogP contribution in [0.4, 0.5) is 35.7 Å². The number of rotatable bonds is 29. The summed E-state index contributed by atoms with van der Waals surface area (Å²) in [6.45, 7) is 59.9. The zero-order valence-electron chi connectivity index (χ0n) is 60.0. The van der Waals surface area contributed by atoms with Crippen LogP contribution < -0.4 is 40.0 Å². The maximum absolute atomic E-state index is 6.55. The van der Waals surface area contributed by atoms with Gasteiger partial charge in [-0.2, -0.15) is 40.0 Å². The lowest BCUT2D eigenvalue weighted by atomic mass is 9.78. The third-order valence-corrected chi connectivity index (χ3v) is 19.8. The fourth-order valence-electron chi connectivity index (χ4n) is 17.2. The molecule has 510 valence electrons. The third-order valence-electron chi connectivity index (χ3n) is 19.8. The van der Waals surface area contributed by atoms with E-state index in [0.717, 1.165) is 191 Å². The molecule has 2 N–H and O–H groups in total. The number of aromatic nitrogens is 6. The van der Waals surface area contributed by atoms with Crippen molar-refractivity contribution in [2.24, 2.45) is 0 Å². The Kier molecular flexibility index (Phi) is 23.7. The van der Waals surface area contributed by atoms with Gasteiger partial charge in [-0.3, -0.25) is 9.68 Å². The van der Waals surface area contributed by atoms with Crippen LogP contribution in [0.1, 0.15) is 227 Å². The topological polar surface area (TPSA) is 164 Å². The van der Waals surface area contributed by atoms with Gasteiger partial charge < -0.3 is 49.5 Å². The van der Waals surface area contributed by atoms with Gasteiger partial charge in [0.15, 0.2) is 0 Å². The van der Waals surface area contributed by atoms with E-state index in [9.17, 15) is 0 Å². The standard InChI is InChI=1S/C70H126N16O4/c1-21-25-31-81(53-45-63(5,6)77-64(7,8)46-53)59-71-57(79-35-41-87-42-36-79)73-61(75-59)83(55-49-67(13,14)85(89-39-23-3)68(15,16)50-55)33-29-27-28-30-34-84(56-51-69(17,18)86(90-40-24-4)70(19,20)52-56)62-74-58(80-37-43-88-44-38-80)72-60(76-62)82(32-26-22-2)54-47-65(9,10)78-66(11,12)48-54/h23-24,53-56,77-78H,3-4,21-22,25-52H2,1-2,5-20H3. The highest BCUT2D eigenvalue weighted by Crippen LogP contribution is 2.45. The molecule has 0 amide bonds. The molecule has 0 aliphatic carbocycles. The number of hydroxylamine groups is 4. The summed E-state index contributed by atoms with van der Waals surface area (Å²) < 4.78 is 11.9. The first-order valence-electron chi connectivity index (χ1n) is 35.2. The van der Waals surface area contributed by atoms with Crippen molar-refractivity contribution in [3.63, 3.8) is 0 Å². The lowest BCUT2D eigenvalue weighted by Gasteiger charge is -2.55. The Morgan fingerprint density at radius 1 is 0.411 bits per heavy atom. The Bertz CT molecular complexity index is 2370. The summed E-state index contributed by atoms with van der Waals surface area (Å²) in [5.74, 6) is 4.65. The molecular formula is C70H126N16O4. The molecule has 0 atom stereocenters. The molecule has 6 aliphatic rings. The molecule has 20 nitrogen and oxygen atoms in total. The van der Waals surface area contributed by atoms with Gasteiger partial charge in [0.2, 0.25) is 35.7 Å². The van der Waals surface area contributed by atoms with Crippen LogP contribution in [0.2, 0.25) is 0 Å². The van der Waals surface area contributed by atoms with Crippen LogP contribution in [0.15, 0.2) is 25.3 Å². The summed E-state index contributed by atoms with van der Waals surface area (Å²) >= 11 is 0. The summed E-state index contributed by atoms with van der Waals surface area (Å²) in [4.78, 5) is 61.6. The normalized spacial score (nSPS) is 23.8. The second-order valence-corrected chi connectivity index (χ2v) is 32.6. The van der Waals surface area contributed by atoms with Crippen molar-refractivity contribution in [3.8, 4) is 0 Å².